The van der Waals surface area contributed by atoms with Crippen molar-refractivity contribution in [3.8, 4) is 22.5 Å². The van der Waals surface area contributed by atoms with Gasteiger partial charge in [0.15, 0.2) is 0 Å². The number of aliphatic hydroxyl groups is 1. The van der Waals surface area contributed by atoms with Crippen molar-refractivity contribution in [3.63, 3.8) is 0 Å². The van der Waals surface area contributed by atoms with Crippen LogP contribution in [-0.4, -0.2) is 40.2 Å². The second kappa shape index (κ2) is 19.7. The number of carbonyl (C=O) groups is 2. The molecule has 2 aromatic carbocycles. The maximum absolute atomic E-state index is 13.4. The van der Waals surface area contributed by atoms with Crippen LogP contribution in [0, 0.1) is 49.2 Å². The van der Waals surface area contributed by atoms with Gasteiger partial charge in [0.25, 0.3) is 0 Å². The van der Waals surface area contributed by atoms with Crippen molar-refractivity contribution in [2.75, 3.05) is 13.2 Å². The Morgan fingerprint density at radius 3 is 1.63 bits per heavy atom. The maximum Gasteiger partial charge on any atom is 0.334 e. The van der Waals surface area contributed by atoms with Gasteiger partial charge >= 0.3 is 11.9 Å². The van der Waals surface area contributed by atoms with Gasteiger partial charge in [0.05, 0.1) is 11.8 Å². The summed E-state index contributed by atoms with van der Waals surface area (Å²) in [5.41, 5.74) is 3.54. The van der Waals surface area contributed by atoms with Crippen LogP contribution in [0.5, 0.6) is 0 Å². The van der Waals surface area contributed by atoms with Crippen molar-refractivity contribution in [1.29, 1.82) is 0 Å². The van der Waals surface area contributed by atoms with Crippen molar-refractivity contribution >= 4 is 11.9 Å². The van der Waals surface area contributed by atoms with Crippen molar-refractivity contribution < 1.29 is 61.8 Å². The fraction of sp³-hybridized carbons (Fsp3) is 0.176. The Hall–Kier alpha value is -4.67. The summed E-state index contributed by atoms with van der Waals surface area (Å²) in [5, 5.41) is 8.70. The Morgan fingerprint density at radius 2 is 1.26 bits per heavy atom. The summed E-state index contributed by atoms with van der Waals surface area (Å²) in [5.74, 6) is -3.91. The van der Waals surface area contributed by atoms with Crippen molar-refractivity contribution in [2.45, 2.75) is 27.7 Å². The average molecular weight is 815 g/mol. The largest absolute Gasteiger partial charge is 0.512 e. The Morgan fingerprint density at radius 1 is 0.826 bits per heavy atom. The zero-order valence-electron chi connectivity index (χ0n) is 25.3. The molecule has 2 heterocycles. The van der Waals surface area contributed by atoms with Gasteiger partial charge in [0, 0.05) is 61.3 Å². The van der Waals surface area contributed by atoms with E-state index in [1.165, 1.54) is 13.8 Å². The van der Waals surface area contributed by atoms with Crippen LogP contribution in [0.3, 0.4) is 0 Å². The van der Waals surface area contributed by atoms with E-state index in [0.717, 1.165) is 41.5 Å². The molecule has 0 aliphatic rings. The van der Waals surface area contributed by atoms with Crippen LogP contribution in [0.2, 0.25) is 0 Å². The number of benzene rings is 2. The number of carbonyl (C=O) groups excluding carboxylic acids is 2. The van der Waals surface area contributed by atoms with Gasteiger partial charge < -0.3 is 24.5 Å². The molecule has 0 spiro atoms. The number of hydrogen-bond donors (Lipinski definition) is 1. The molecular formula is C34H30F4IrN2O5-2. The summed E-state index contributed by atoms with van der Waals surface area (Å²) in [7, 11) is 0. The molecule has 4 rings (SSSR count). The first kappa shape index (κ1) is 39.4. The molecule has 46 heavy (non-hydrogen) atoms. The number of esters is 2. The summed E-state index contributed by atoms with van der Waals surface area (Å²) < 4.78 is 61.3. The van der Waals surface area contributed by atoms with Gasteiger partial charge in [-0.2, -0.15) is 0 Å². The molecule has 0 fully saturated rings. The normalized spacial score (nSPS) is 10.2. The van der Waals surface area contributed by atoms with Crippen LogP contribution in [0.1, 0.15) is 25.0 Å². The number of halogens is 4. The van der Waals surface area contributed by atoms with Crippen LogP contribution in [0.25, 0.3) is 22.5 Å². The van der Waals surface area contributed by atoms with Gasteiger partial charge in [-0.3, -0.25) is 17.6 Å². The van der Waals surface area contributed by atoms with Gasteiger partial charge in [0.1, 0.15) is 13.2 Å². The zero-order valence-corrected chi connectivity index (χ0v) is 27.7. The molecule has 4 aromatic rings. The molecule has 0 amide bonds. The fourth-order valence-electron chi connectivity index (χ4n) is 3.24. The van der Waals surface area contributed by atoms with Gasteiger partial charge in [-0.25, -0.2) is 9.59 Å². The SMILES string of the molecule is C=C(C)C(=O)OCCOC(=O)C=C(C)O.Cc1ccnc(-c2[c-]cc(F)cc2F)c1.Cc1ccnc(-c2[c-]cc(F)cc2F)c1.[Ir]. The monoisotopic (exact) mass is 815 g/mol. The number of allylic oxidation sites excluding steroid dienone is 1. The summed E-state index contributed by atoms with van der Waals surface area (Å²) in [6.45, 7) is 9.93. The van der Waals surface area contributed by atoms with Crippen molar-refractivity contribution in [1.82, 2.24) is 9.97 Å². The minimum atomic E-state index is -0.679. The van der Waals surface area contributed by atoms with Crippen LogP contribution < -0.4 is 0 Å². The van der Waals surface area contributed by atoms with E-state index in [1.807, 2.05) is 26.0 Å². The molecule has 0 saturated heterocycles. The number of hydrogen-bond acceptors (Lipinski definition) is 7. The minimum Gasteiger partial charge on any atom is -0.512 e. The molecule has 0 saturated carbocycles. The maximum atomic E-state index is 13.4. The number of aryl methyl sites for hydroxylation is 2. The van der Waals surface area contributed by atoms with E-state index in [9.17, 15) is 27.2 Å². The summed E-state index contributed by atoms with van der Waals surface area (Å²) in [6.07, 6.45) is 4.10. The summed E-state index contributed by atoms with van der Waals surface area (Å²) in [4.78, 5) is 29.7. The quantitative estimate of drug-likeness (QED) is 0.0520. The van der Waals surface area contributed by atoms with Crippen molar-refractivity contribution in [3.05, 3.63) is 131 Å². The van der Waals surface area contributed by atoms with Gasteiger partial charge in [0.2, 0.25) is 0 Å². The predicted octanol–water partition coefficient (Wildman–Crippen LogP) is 7.38. The average Bonchev–Trinajstić information content (AvgIpc) is 2.95. The molecule has 2 aromatic heterocycles. The predicted molar refractivity (Wildman–Crippen MR) is 159 cm³/mol. The van der Waals surface area contributed by atoms with E-state index in [1.54, 1.807) is 24.5 Å². The number of pyridine rings is 2. The molecule has 0 bridgehead atoms. The first-order valence-electron chi connectivity index (χ1n) is 13.2. The van der Waals surface area contributed by atoms with Gasteiger partial charge in [-0.15, -0.1) is 24.3 Å². The van der Waals surface area contributed by atoms with E-state index in [-0.39, 0.29) is 55.8 Å². The number of ether oxygens (including phenoxy) is 2. The third-order valence-corrected chi connectivity index (χ3v) is 5.29. The van der Waals surface area contributed by atoms with Crippen molar-refractivity contribution in [2.24, 2.45) is 0 Å². The Labute approximate surface area is 278 Å². The minimum absolute atomic E-state index is 0. The van der Waals surface area contributed by atoms with E-state index in [2.05, 4.69) is 38.2 Å². The number of aliphatic hydroxyl groups excluding tert-OH is 1. The molecule has 1 radical (unpaired) electrons. The topological polar surface area (TPSA) is 98.6 Å². The van der Waals surface area contributed by atoms with E-state index in [4.69, 9.17) is 5.11 Å². The van der Waals surface area contributed by atoms with Gasteiger partial charge in [-0.1, -0.05) is 53.1 Å². The molecule has 245 valence electrons. The third kappa shape index (κ3) is 14.0. The molecule has 0 atom stereocenters. The molecule has 0 aliphatic heterocycles. The first-order chi connectivity index (χ1) is 21.3. The zero-order chi connectivity index (χ0) is 33.5. The van der Waals surface area contributed by atoms with Crippen LogP contribution in [0.4, 0.5) is 17.6 Å². The summed E-state index contributed by atoms with van der Waals surface area (Å²) in [6, 6.07) is 16.0. The number of nitrogens with zero attached hydrogens (tertiary/aromatic N) is 2. The molecular weight excluding hydrogens is 785 g/mol. The Bertz CT molecular complexity index is 1580. The second-order valence-electron chi connectivity index (χ2n) is 9.39. The third-order valence-electron chi connectivity index (χ3n) is 5.29. The second-order valence-corrected chi connectivity index (χ2v) is 9.39. The summed E-state index contributed by atoms with van der Waals surface area (Å²) >= 11 is 0. The van der Waals surface area contributed by atoms with E-state index >= 15 is 0 Å². The fourth-order valence-corrected chi connectivity index (χ4v) is 3.24. The molecule has 0 aliphatic carbocycles. The van der Waals surface area contributed by atoms with Gasteiger partial charge in [-0.05, 0) is 51.2 Å². The van der Waals surface area contributed by atoms with Crippen LogP contribution in [0.15, 0.2) is 84.9 Å². The molecule has 1 N–H and O–H groups in total. The first-order valence-corrected chi connectivity index (χ1v) is 13.2. The number of aromatic nitrogens is 2. The van der Waals surface area contributed by atoms with E-state index < -0.39 is 35.2 Å². The standard InChI is InChI=1S/2C12H8F2N.C10H14O5.Ir/c2*1-8-4-5-15-12(6-8)10-3-2-9(13)7-11(10)14;1-7(2)10(13)15-5-4-14-9(12)6-8(3)11;/h2*2,4-7H,1H3;6,11H,1,4-5H2,2-3H3;/q2*-1;;. The van der Waals surface area contributed by atoms with Crippen LogP contribution in [-0.2, 0) is 39.2 Å². The molecule has 0 unspecified atom stereocenters. The molecule has 7 nitrogen and oxygen atoms in total. The number of rotatable bonds is 7. The Kier molecular flexibility index (Phi) is 16.8. The molecule has 12 heteroatoms. The van der Waals surface area contributed by atoms with Crippen LogP contribution >= 0.6 is 0 Å². The smallest absolute Gasteiger partial charge is 0.334 e. The Balaban J connectivity index is 0.000000341. The van der Waals surface area contributed by atoms with E-state index in [0.29, 0.717) is 11.4 Å².